The highest BCUT2D eigenvalue weighted by Crippen LogP contribution is 2.35. The molecule has 0 aliphatic rings. The summed E-state index contributed by atoms with van der Waals surface area (Å²) in [5, 5.41) is 0. The number of nitrogens with zero attached hydrogens (tertiary/aromatic N) is 1. The maximum Gasteiger partial charge on any atom is 0.501 e. The molecule has 1 aromatic rings. The highest BCUT2D eigenvalue weighted by molar-refractivity contribution is 7.92. The van der Waals surface area contributed by atoms with Crippen molar-refractivity contribution in [2.75, 3.05) is 23.9 Å². The summed E-state index contributed by atoms with van der Waals surface area (Å²) < 4.78 is 61.3. The quantitative estimate of drug-likeness (QED) is 0.750. The third-order valence-corrected chi connectivity index (χ3v) is 4.54. The topological polar surface area (TPSA) is 37.4 Å². The number of hydrogen-bond acceptors (Lipinski definition) is 3. The third kappa shape index (κ3) is 3.58. The van der Waals surface area contributed by atoms with Gasteiger partial charge in [0, 0.05) is 19.0 Å². The summed E-state index contributed by atoms with van der Waals surface area (Å²) in [6, 6.07) is 5.13. The van der Waals surface area contributed by atoms with Crippen LogP contribution in [0.5, 0.6) is 0 Å². The van der Waals surface area contributed by atoms with E-state index in [4.69, 9.17) is 11.6 Å². The van der Waals surface area contributed by atoms with E-state index in [0.717, 1.165) is 6.07 Å². The van der Waals surface area contributed by atoms with Crippen molar-refractivity contribution in [1.82, 2.24) is 0 Å². The van der Waals surface area contributed by atoms with E-state index >= 15 is 0 Å². The van der Waals surface area contributed by atoms with Gasteiger partial charge < -0.3 is 4.90 Å². The summed E-state index contributed by atoms with van der Waals surface area (Å²) >= 11 is 5.57. The molecule has 1 aromatic carbocycles. The second-order valence-electron chi connectivity index (χ2n) is 4.04. The maximum absolute atomic E-state index is 12.7. The first-order valence-electron chi connectivity index (χ1n) is 5.97. The van der Waals surface area contributed by atoms with E-state index in [1.54, 1.807) is 11.8 Å². The first-order chi connectivity index (χ1) is 9.25. The molecule has 0 heterocycles. The SMILES string of the molecule is CCN(CCCCl)c1ccccc1S(=O)(=O)C(F)(F)F. The van der Waals surface area contributed by atoms with Crippen LogP contribution >= 0.6 is 11.6 Å². The number of anilines is 1. The predicted molar refractivity (Wildman–Crippen MR) is 72.9 cm³/mol. The van der Waals surface area contributed by atoms with Crippen LogP contribution in [-0.2, 0) is 9.84 Å². The van der Waals surface area contributed by atoms with E-state index in [1.807, 2.05) is 0 Å². The number of benzene rings is 1. The van der Waals surface area contributed by atoms with Crippen molar-refractivity contribution in [3.63, 3.8) is 0 Å². The van der Waals surface area contributed by atoms with Crippen molar-refractivity contribution < 1.29 is 21.6 Å². The number of rotatable bonds is 6. The lowest BCUT2D eigenvalue weighted by molar-refractivity contribution is -0.0435. The van der Waals surface area contributed by atoms with Crippen molar-refractivity contribution in [2.45, 2.75) is 23.7 Å². The molecule has 0 N–H and O–H groups in total. The molecule has 3 nitrogen and oxygen atoms in total. The van der Waals surface area contributed by atoms with Crippen molar-refractivity contribution in [2.24, 2.45) is 0 Å². The largest absolute Gasteiger partial charge is 0.501 e. The van der Waals surface area contributed by atoms with Crippen LogP contribution in [0.4, 0.5) is 18.9 Å². The Hall–Kier alpha value is -0.950. The number of halogens is 4. The van der Waals surface area contributed by atoms with Gasteiger partial charge in [-0.1, -0.05) is 12.1 Å². The van der Waals surface area contributed by atoms with E-state index < -0.39 is 20.2 Å². The highest BCUT2D eigenvalue weighted by Gasteiger charge is 2.48. The lowest BCUT2D eigenvalue weighted by Gasteiger charge is -2.25. The molecule has 8 heteroatoms. The summed E-state index contributed by atoms with van der Waals surface area (Å²) in [4.78, 5) is 0.852. The Balaban J connectivity index is 3.30. The third-order valence-electron chi connectivity index (χ3n) is 2.74. The molecule has 0 aromatic heterocycles. The smallest absolute Gasteiger partial charge is 0.371 e. The summed E-state index contributed by atoms with van der Waals surface area (Å²) in [7, 11) is -5.36. The molecule has 0 amide bonds. The van der Waals surface area contributed by atoms with Crippen LogP contribution in [-0.4, -0.2) is 32.9 Å². The Kier molecular flexibility index (Phi) is 5.70. The van der Waals surface area contributed by atoms with E-state index in [9.17, 15) is 21.6 Å². The summed E-state index contributed by atoms with van der Waals surface area (Å²) in [5.74, 6) is 0.352. The van der Waals surface area contributed by atoms with Crippen LogP contribution in [0, 0.1) is 0 Å². The molecule has 0 radical (unpaired) electrons. The van der Waals surface area contributed by atoms with Gasteiger partial charge in [-0.25, -0.2) is 8.42 Å². The second-order valence-corrected chi connectivity index (χ2v) is 6.33. The molecule has 0 atom stereocenters. The van der Waals surface area contributed by atoms with Crippen LogP contribution in [0.15, 0.2) is 29.2 Å². The Labute approximate surface area is 121 Å². The van der Waals surface area contributed by atoms with Crippen LogP contribution in [0.2, 0.25) is 0 Å². The molecule has 0 saturated heterocycles. The average molecular weight is 330 g/mol. The van der Waals surface area contributed by atoms with Crippen LogP contribution in [0.1, 0.15) is 13.3 Å². The molecule has 0 aliphatic carbocycles. The Bertz CT molecular complexity index is 546. The molecule has 0 bridgehead atoms. The van der Waals surface area contributed by atoms with Gasteiger partial charge >= 0.3 is 5.51 Å². The van der Waals surface area contributed by atoms with Crippen molar-refractivity contribution >= 4 is 27.1 Å². The van der Waals surface area contributed by atoms with Gasteiger partial charge in [-0.15, -0.1) is 11.6 Å². The van der Waals surface area contributed by atoms with Crippen molar-refractivity contribution in [3.8, 4) is 0 Å². The van der Waals surface area contributed by atoms with Crippen LogP contribution < -0.4 is 4.90 Å². The molecule has 0 saturated carbocycles. The fourth-order valence-electron chi connectivity index (χ4n) is 1.77. The van der Waals surface area contributed by atoms with Gasteiger partial charge in [0.1, 0.15) is 0 Å². The summed E-state index contributed by atoms with van der Waals surface area (Å²) in [6.45, 7) is 2.52. The Morgan fingerprint density at radius 3 is 2.35 bits per heavy atom. The standard InChI is InChI=1S/C12H15ClF3NO2S/c1-2-17(9-5-8-13)10-6-3-4-7-11(10)20(18,19)12(14,15)16/h3-4,6-7H,2,5,8-9H2,1H3. The monoisotopic (exact) mass is 329 g/mol. The number of hydrogen-bond donors (Lipinski definition) is 0. The minimum Gasteiger partial charge on any atom is -0.371 e. The lowest BCUT2D eigenvalue weighted by atomic mass is 10.2. The predicted octanol–water partition coefficient (Wildman–Crippen LogP) is 3.44. The van der Waals surface area contributed by atoms with Gasteiger partial charge in [0.05, 0.1) is 10.6 Å². The van der Waals surface area contributed by atoms with Crippen molar-refractivity contribution in [3.05, 3.63) is 24.3 Å². The zero-order chi connectivity index (χ0) is 15.4. The maximum atomic E-state index is 12.7. The first kappa shape index (κ1) is 17.1. The van der Waals surface area contributed by atoms with Gasteiger partial charge in [0.2, 0.25) is 0 Å². The molecule has 114 valence electrons. The summed E-state index contributed by atoms with van der Waals surface area (Å²) in [5.41, 5.74) is -5.26. The molecule has 0 unspecified atom stereocenters. The normalized spacial score (nSPS) is 12.4. The number of sulfone groups is 1. The first-order valence-corrected chi connectivity index (χ1v) is 7.98. The molecule has 0 fully saturated rings. The molecular formula is C12H15ClF3NO2S. The van der Waals surface area contributed by atoms with E-state index in [1.165, 1.54) is 18.2 Å². The second kappa shape index (κ2) is 6.67. The zero-order valence-electron chi connectivity index (χ0n) is 10.8. The fourth-order valence-corrected chi connectivity index (χ4v) is 2.87. The zero-order valence-corrected chi connectivity index (χ0v) is 12.4. The molecule has 1 rings (SSSR count). The molecule has 0 aliphatic heterocycles. The molecule has 0 spiro atoms. The number of para-hydroxylation sites is 1. The van der Waals surface area contributed by atoms with E-state index in [2.05, 4.69) is 0 Å². The van der Waals surface area contributed by atoms with Gasteiger partial charge in [0.25, 0.3) is 9.84 Å². The molecule has 20 heavy (non-hydrogen) atoms. The Morgan fingerprint density at radius 2 is 1.85 bits per heavy atom. The van der Waals surface area contributed by atoms with E-state index in [0.29, 0.717) is 25.4 Å². The van der Waals surface area contributed by atoms with Gasteiger partial charge in [0.15, 0.2) is 0 Å². The molecular weight excluding hydrogens is 315 g/mol. The minimum atomic E-state index is -5.36. The number of alkyl halides is 4. The minimum absolute atomic E-state index is 0.0532. The summed E-state index contributed by atoms with van der Waals surface area (Å²) in [6.07, 6.45) is 0.551. The average Bonchev–Trinajstić information content (AvgIpc) is 2.38. The Morgan fingerprint density at radius 1 is 1.25 bits per heavy atom. The van der Waals surface area contributed by atoms with Gasteiger partial charge in [-0.2, -0.15) is 13.2 Å². The van der Waals surface area contributed by atoms with Gasteiger partial charge in [-0.05, 0) is 25.5 Å². The van der Waals surface area contributed by atoms with Crippen LogP contribution in [0.25, 0.3) is 0 Å². The lowest BCUT2D eigenvalue weighted by Crippen LogP contribution is -2.29. The van der Waals surface area contributed by atoms with E-state index in [-0.39, 0.29) is 5.69 Å². The highest BCUT2D eigenvalue weighted by atomic mass is 35.5. The van der Waals surface area contributed by atoms with Crippen LogP contribution in [0.3, 0.4) is 0 Å². The van der Waals surface area contributed by atoms with Crippen molar-refractivity contribution in [1.29, 1.82) is 0 Å². The van der Waals surface area contributed by atoms with Gasteiger partial charge in [-0.3, -0.25) is 0 Å². The fraction of sp³-hybridized carbons (Fsp3) is 0.500.